The Morgan fingerprint density at radius 3 is 3.09 bits per heavy atom. The van der Waals surface area contributed by atoms with Gasteiger partial charge in [0.15, 0.2) is 5.13 Å². The Morgan fingerprint density at radius 1 is 1.50 bits per heavy atom. The number of hydrogen-bond donors (Lipinski definition) is 2. The molecule has 1 aromatic carbocycles. The van der Waals surface area contributed by atoms with E-state index in [1.54, 1.807) is 6.07 Å². The molecule has 2 N–H and O–H groups in total. The van der Waals surface area contributed by atoms with Gasteiger partial charge in [0.05, 0.1) is 27.1 Å². The molecular weight excluding hydrogens is 328 g/mol. The lowest BCUT2D eigenvalue weighted by Gasteiger charge is -1.98. The number of nitrogens with one attached hydrogen (secondary N) is 2. The number of anilines is 1. The number of benzene rings is 1. The second-order valence-electron chi connectivity index (χ2n) is 4.07. The molecule has 1 amide bonds. The SMILES string of the molecule is O=C(CSc1cn[nH]n1)Nc1nc2ccc([N+](=O)[O-])cc2s1. The van der Waals surface area contributed by atoms with Crippen molar-refractivity contribution in [2.75, 3.05) is 11.1 Å². The van der Waals surface area contributed by atoms with E-state index in [4.69, 9.17) is 0 Å². The lowest BCUT2D eigenvalue weighted by molar-refractivity contribution is -0.384. The molecule has 11 heteroatoms. The van der Waals surface area contributed by atoms with Gasteiger partial charge in [0.25, 0.3) is 5.69 Å². The molecule has 112 valence electrons. The van der Waals surface area contributed by atoms with Gasteiger partial charge in [0.2, 0.25) is 5.91 Å². The maximum Gasteiger partial charge on any atom is 0.270 e. The molecular formula is C11H8N6O3S2. The van der Waals surface area contributed by atoms with Gasteiger partial charge in [-0.25, -0.2) is 4.98 Å². The minimum atomic E-state index is -0.466. The molecule has 2 aromatic heterocycles. The van der Waals surface area contributed by atoms with E-state index in [9.17, 15) is 14.9 Å². The number of nitro benzene ring substituents is 1. The molecule has 0 atom stereocenters. The van der Waals surface area contributed by atoms with Crippen molar-refractivity contribution in [3.8, 4) is 0 Å². The minimum Gasteiger partial charge on any atom is -0.301 e. The standard InChI is InChI=1S/C11H8N6O3S2/c18-9(5-21-10-4-12-16-15-10)14-11-13-7-2-1-6(17(19)20)3-8(7)22-11/h1-4H,5H2,(H,12,15,16)(H,13,14,18). The molecule has 0 aliphatic rings. The third kappa shape index (κ3) is 3.20. The van der Waals surface area contributed by atoms with Crippen LogP contribution in [0.5, 0.6) is 0 Å². The van der Waals surface area contributed by atoms with Crippen molar-refractivity contribution < 1.29 is 9.72 Å². The van der Waals surface area contributed by atoms with Gasteiger partial charge in [-0.15, -0.1) is 5.10 Å². The number of rotatable bonds is 5. The van der Waals surface area contributed by atoms with Crippen LogP contribution in [0.1, 0.15) is 0 Å². The minimum absolute atomic E-state index is 0.00406. The Bertz CT molecular complexity index is 832. The Morgan fingerprint density at radius 2 is 2.36 bits per heavy atom. The molecule has 2 heterocycles. The van der Waals surface area contributed by atoms with Crippen LogP contribution in [0.2, 0.25) is 0 Å². The molecule has 3 aromatic rings. The molecule has 0 bridgehead atoms. The first-order valence-corrected chi connectivity index (χ1v) is 7.75. The maximum atomic E-state index is 11.8. The number of carbonyl (C=O) groups excluding carboxylic acids is 1. The predicted octanol–water partition coefficient (Wildman–Crippen LogP) is 2.05. The van der Waals surface area contributed by atoms with Gasteiger partial charge in [-0.3, -0.25) is 14.9 Å². The summed E-state index contributed by atoms with van der Waals surface area (Å²) in [5, 5.41) is 24.3. The predicted molar refractivity (Wildman–Crippen MR) is 82.0 cm³/mol. The summed E-state index contributed by atoms with van der Waals surface area (Å²) in [7, 11) is 0. The first-order valence-electron chi connectivity index (χ1n) is 5.95. The van der Waals surface area contributed by atoms with E-state index in [-0.39, 0.29) is 17.3 Å². The molecule has 0 saturated heterocycles. The quantitative estimate of drug-likeness (QED) is 0.414. The van der Waals surface area contributed by atoms with E-state index in [1.807, 2.05) is 0 Å². The molecule has 0 saturated carbocycles. The Labute approximate surface area is 131 Å². The normalized spacial score (nSPS) is 10.7. The Kier molecular flexibility index (Phi) is 3.98. The molecule has 0 aliphatic carbocycles. The highest BCUT2D eigenvalue weighted by molar-refractivity contribution is 7.99. The number of fused-ring (bicyclic) bond motifs is 1. The second-order valence-corrected chi connectivity index (χ2v) is 6.10. The molecule has 0 fully saturated rings. The fourth-order valence-electron chi connectivity index (χ4n) is 1.64. The van der Waals surface area contributed by atoms with E-state index in [1.165, 1.54) is 41.4 Å². The number of aromatic amines is 1. The van der Waals surface area contributed by atoms with Crippen molar-refractivity contribution >= 4 is 50.0 Å². The van der Waals surface area contributed by atoms with Crippen LogP contribution in [-0.2, 0) is 4.79 Å². The van der Waals surface area contributed by atoms with Crippen molar-refractivity contribution in [2.45, 2.75) is 5.03 Å². The number of nitro groups is 1. The van der Waals surface area contributed by atoms with Crippen LogP contribution in [0.3, 0.4) is 0 Å². The summed E-state index contributed by atoms with van der Waals surface area (Å²) in [5.74, 6) is -0.0654. The zero-order valence-electron chi connectivity index (χ0n) is 10.8. The van der Waals surface area contributed by atoms with Gasteiger partial charge in [-0.2, -0.15) is 10.3 Å². The first-order chi connectivity index (χ1) is 10.6. The van der Waals surface area contributed by atoms with Crippen molar-refractivity contribution in [1.29, 1.82) is 0 Å². The summed E-state index contributed by atoms with van der Waals surface area (Å²) < 4.78 is 0.647. The second kappa shape index (κ2) is 6.07. The molecule has 22 heavy (non-hydrogen) atoms. The zero-order chi connectivity index (χ0) is 15.5. The van der Waals surface area contributed by atoms with Gasteiger partial charge in [0, 0.05) is 12.1 Å². The van der Waals surface area contributed by atoms with Crippen LogP contribution in [0, 0.1) is 10.1 Å². The largest absolute Gasteiger partial charge is 0.301 e. The average Bonchev–Trinajstić information content (AvgIpc) is 3.13. The summed E-state index contributed by atoms with van der Waals surface area (Å²) in [6.07, 6.45) is 1.52. The first kappa shape index (κ1) is 14.4. The number of non-ortho nitro benzene ring substituents is 1. The van der Waals surface area contributed by atoms with Gasteiger partial charge in [-0.05, 0) is 6.07 Å². The van der Waals surface area contributed by atoms with E-state index in [2.05, 4.69) is 25.7 Å². The van der Waals surface area contributed by atoms with Crippen molar-refractivity contribution in [3.05, 3.63) is 34.5 Å². The molecule has 0 unspecified atom stereocenters. The molecule has 0 spiro atoms. The number of hydrogen-bond acceptors (Lipinski definition) is 8. The third-order valence-corrected chi connectivity index (χ3v) is 4.41. The molecule has 0 radical (unpaired) electrons. The number of aromatic nitrogens is 4. The number of amides is 1. The van der Waals surface area contributed by atoms with Crippen LogP contribution < -0.4 is 5.32 Å². The van der Waals surface area contributed by atoms with E-state index >= 15 is 0 Å². The highest BCUT2D eigenvalue weighted by atomic mass is 32.2. The third-order valence-electron chi connectivity index (χ3n) is 2.57. The number of H-pyrrole nitrogens is 1. The molecule has 0 aliphatic heterocycles. The van der Waals surface area contributed by atoms with Crippen LogP contribution >= 0.6 is 23.1 Å². The highest BCUT2D eigenvalue weighted by Crippen LogP contribution is 2.29. The van der Waals surface area contributed by atoms with Crippen LogP contribution in [-0.4, -0.2) is 37.0 Å². The summed E-state index contributed by atoms with van der Waals surface area (Å²) in [6.45, 7) is 0. The van der Waals surface area contributed by atoms with E-state index in [0.29, 0.717) is 20.4 Å². The van der Waals surface area contributed by atoms with Crippen molar-refractivity contribution in [3.63, 3.8) is 0 Å². The number of carbonyl (C=O) groups is 1. The van der Waals surface area contributed by atoms with Crippen LogP contribution in [0.4, 0.5) is 10.8 Å². The topological polar surface area (TPSA) is 127 Å². The number of thioether (sulfide) groups is 1. The summed E-state index contributed by atoms with van der Waals surface area (Å²) >= 11 is 2.43. The highest BCUT2D eigenvalue weighted by Gasteiger charge is 2.12. The fraction of sp³-hybridized carbons (Fsp3) is 0.0909. The number of thiazole rings is 1. The van der Waals surface area contributed by atoms with Gasteiger partial charge >= 0.3 is 0 Å². The van der Waals surface area contributed by atoms with Crippen LogP contribution in [0.15, 0.2) is 29.4 Å². The Balaban J connectivity index is 1.68. The smallest absolute Gasteiger partial charge is 0.270 e. The Hall–Kier alpha value is -2.53. The summed E-state index contributed by atoms with van der Waals surface area (Å²) in [4.78, 5) is 26.3. The average molecular weight is 336 g/mol. The zero-order valence-corrected chi connectivity index (χ0v) is 12.5. The summed E-state index contributed by atoms with van der Waals surface area (Å²) in [5.41, 5.74) is 0.602. The number of nitrogens with zero attached hydrogens (tertiary/aromatic N) is 4. The maximum absolute atomic E-state index is 11.8. The molecule has 9 nitrogen and oxygen atoms in total. The van der Waals surface area contributed by atoms with Gasteiger partial charge in [0.1, 0.15) is 5.03 Å². The van der Waals surface area contributed by atoms with Crippen molar-refractivity contribution in [2.24, 2.45) is 0 Å². The van der Waals surface area contributed by atoms with Crippen molar-refractivity contribution in [1.82, 2.24) is 20.4 Å². The molecule has 3 rings (SSSR count). The monoisotopic (exact) mass is 336 g/mol. The summed E-state index contributed by atoms with van der Waals surface area (Å²) in [6, 6.07) is 4.38. The van der Waals surface area contributed by atoms with Gasteiger partial charge < -0.3 is 5.32 Å². The lowest BCUT2D eigenvalue weighted by Crippen LogP contribution is -2.13. The fourth-order valence-corrected chi connectivity index (χ4v) is 3.13. The van der Waals surface area contributed by atoms with Crippen LogP contribution in [0.25, 0.3) is 10.2 Å². The van der Waals surface area contributed by atoms with E-state index in [0.717, 1.165) is 0 Å². The van der Waals surface area contributed by atoms with E-state index < -0.39 is 4.92 Å². The van der Waals surface area contributed by atoms with Gasteiger partial charge in [-0.1, -0.05) is 23.1 Å². The lowest BCUT2D eigenvalue weighted by atomic mass is 10.3.